The minimum absolute atomic E-state index is 0.388. The topological polar surface area (TPSA) is 69.6 Å². The molecular formula is C14H12FN5. The van der Waals surface area contributed by atoms with Gasteiger partial charge in [0, 0.05) is 25.0 Å². The van der Waals surface area contributed by atoms with E-state index in [1.54, 1.807) is 30.2 Å². The predicted octanol–water partition coefficient (Wildman–Crippen LogP) is 2.27. The molecule has 3 aromatic rings. The highest BCUT2D eigenvalue weighted by Crippen LogP contribution is 2.34. The number of anilines is 1. The maximum Gasteiger partial charge on any atom is 0.141 e. The Bertz CT molecular complexity index is 734. The highest BCUT2D eigenvalue weighted by atomic mass is 19.1. The summed E-state index contributed by atoms with van der Waals surface area (Å²) in [5.74, 6) is 0.125. The summed E-state index contributed by atoms with van der Waals surface area (Å²) in [6.07, 6.45) is 4.56. The molecule has 0 fully saturated rings. The van der Waals surface area contributed by atoms with Crippen molar-refractivity contribution in [3.05, 3.63) is 48.7 Å². The van der Waals surface area contributed by atoms with Crippen LogP contribution < -0.4 is 5.73 Å². The Morgan fingerprint density at radius 1 is 1.20 bits per heavy atom. The third-order valence-electron chi connectivity index (χ3n) is 3.01. The van der Waals surface area contributed by atoms with Crippen molar-refractivity contribution < 1.29 is 4.39 Å². The second kappa shape index (κ2) is 4.73. The molecule has 0 unspecified atom stereocenters. The normalized spacial score (nSPS) is 10.7. The Morgan fingerprint density at radius 2 is 2.05 bits per heavy atom. The lowest BCUT2D eigenvalue weighted by Crippen LogP contribution is -1.98. The van der Waals surface area contributed by atoms with Crippen molar-refractivity contribution in [2.75, 3.05) is 5.73 Å². The highest BCUT2D eigenvalue weighted by molar-refractivity contribution is 5.86. The van der Waals surface area contributed by atoms with Gasteiger partial charge in [0.25, 0.3) is 0 Å². The van der Waals surface area contributed by atoms with Crippen LogP contribution in [0.1, 0.15) is 0 Å². The molecule has 3 rings (SSSR count). The summed E-state index contributed by atoms with van der Waals surface area (Å²) in [5, 5.41) is 4.37. The maximum atomic E-state index is 13.0. The summed E-state index contributed by atoms with van der Waals surface area (Å²) in [6, 6.07) is 6.65. The van der Waals surface area contributed by atoms with Crippen LogP contribution in [0.25, 0.3) is 22.5 Å². The van der Waals surface area contributed by atoms with Gasteiger partial charge in [-0.3, -0.25) is 14.6 Å². The quantitative estimate of drug-likeness (QED) is 0.774. The minimum Gasteiger partial charge on any atom is -0.383 e. The molecule has 3 aromatic heterocycles. The van der Waals surface area contributed by atoms with Gasteiger partial charge in [0.05, 0.1) is 17.5 Å². The molecule has 0 aliphatic rings. The molecule has 0 spiro atoms. The highest BCUT2D eigenvalue weighted by Gasteiger charge is 2.18. The second-order valence-corrected chi connectivity index (χ2v) is 4.34. The fourth-order valence-electron chi connectivity index (χ4n) is 2.03. The lowest BCUT2D eigenvalue weighted by Gasteiger charge is -2.03. The van der Waals surface area contributed by atoms with Crippen LogP contribution in [0.3, 0.4) is 0 Å². The number of halogens is 1. The van der Waals surface area contributed by atoms with E-state index in [9.17, 15) is 4.39 Å². The average molecular weight is 269 g/mol. The van der Waals surface area contributed by atoms with Crippen molar-refractivity contribution in [1.82, 2.24) is 19.7 Å². The first kappa shape index (κ1) is 12.3. The average Bonchev–Trinajstić information content (AvgIpc) is 2.77. The monoisotopic (exact) mass is 269 g/mol. The molecule has 5 nitrogen and oxygen atoms in total. The molecule has 2 N–H and O–H groups in total. The van der Waals surface area contributed by atoms with E-state index in [4.69, 9.17) is 5.73 Å². The number of pyridine rings is 2. The summed E-state index contributed by atoms with van der Waals surface area (Å²) in [5.41, 5.74) is 8.85. The van der Waals surface area contributed by atoms with E-state index in [1.165, 1.54) is 6.07 Å². The molecule has 0 aliphatic heterocycles. The molecular weight excluding hydrogens is 257 g/mol. The molecule has 3 heterocycles. The molecule has 0 aromatic carbocycles. The number of nitrogens with zero attached hydrogens (tertiary/aromatic N) is 4. The van der Waals surface area contributed by atoms with E-state index >= 15 is 0 Å². The smallest absolute Gasteiger partial charge is 0.141 e. The molecule has 0 amide bonds. The summed E-state index contributed by atoms with van der Waals surface area (Å²) < 4.78 is 14.6. The van der Waals surface area contributed by atoms with Crippen molar-refractivity contribution in [3.63, 3.8) is 0 Å². The van der Waals surface area contributed by atoms with E-state index in [2.05, 4.69) is 15.1 Å². The van der Waals surface area contributed by atoms with Crippen LogP contribution in [0, 0.1) is 5.82 Å². The zero-order chi connectivity index (χ0) is 14.1. The van der Waals surface area contributed by atoms with Crippen molar-refractivity contribution in [2.45, 2.75) is 0 Å². The van der Waals surface area contributed by atoms with Crippen molar-refractivity contribution >= 4 is 5.82 Å². The molecule has 0 saturated heterocycles. The number of hydrogen-bond acceptors (Lipinski definition) is 4. The lowest BCUT2D eigenvalue weighted by atomic mass is 10.1. The number of aromatic nitrogens is 4. The van der Waals surface area contributed by atoms with E-state index in [0.717, 1.165) is 17.3 Å². The molecule has 6 heteroatoms. The van der Waals surface area contributed by atoms with Crippen molar-refractivity contribution in [3.8, 4) is 22.5 Å². The number of nitrogen functional groups attached to an aromatic ring is 1. The number of aryl methyl sites for hydroxylation is 1. The van der Waals surface area contributed by atoms with Crippen LogP contribution in [0.5, 0.6) is 0 Å². The van der Waals surface area contributed by atoms with Crippen LogP contribution in [-0.4, -0.2) is 19.7 Å². The van der Waals surface area contributed by atoms with Crippen LogP contribution in [0.2, 0.25) is 0 Å². The first-order chi connectivity index (χ1) is 9.66. The van der Waals surface area contributed by atoms with Gasteiger partial charge in [-0.2, -0.15) is 5.10 Å². The molecule has 0 atom stereocenters. The molecule has 0 aliphatic carbocycles. The predicted molar refractivity (Wildman–Crippen MR) is 74.0 cm³/mol. The fourth-order valence-corrected chi connectivity index (χ4v) is 2.03. The first-order valence-electron chi connectivity index (χ1n) is 6.01. The molecule has 100 valence electrons. The maximum absolute atomic E-state index is 13.0. The largest absolute Gasteiger partial charge is 0.383 e. The van der Waals surface area contributed by atoms with E-state index < -0.39 is 0 Å². The molecule has 0 saturated carbocycles. The van der Waals surface area contributed by atoms with Crippen LogP contribution in [0.4, 0.5) is 10.2 Å². The zero-order valence-corrected chi connectivity index (χ0v) is 10.8. The summed E-state index contributed by atoms with van der Waals surface area (Å²) in [4.78, 5) is 8.15. The van der Waals surface area contributed by atoms with Gasteiger partial charge in [-0.1, -0.05) is 6.07 Å². The second-order valence-electron chi connectivity index (χ2n) is 4.34. The van der Waals surface area contributed by atoms with Crippen LogP contribution in [0.15, 0.2) is 42.9 Å². The van der Waals surface area contributed by atoms with Gasteiger partial charge in [-0.25, -0.2) is 4.39 Å². The Hall–Kier alpha value is -2.76. The third kappa shape index (κ3) is 2.01. The van der Waals surface area contributed by atoms with Crippen LogP contribution >= 0.6 is 0 Å². The SMILES string of the molecule is Cn1nc(-c2ccc(F)cn2)c(-c2cccnc2)c1N. The third-order valence-corrected chi connectivity index (χ3v) is 3.01. The van der Waals surface area contributed by atoms with Gasteiger partial charge in [0.2, 0.25) is 0 Å². The zero-order valence-electron chi connectivity index (χ0n) is 10.8. The minimum atomic E-state index is -0.388. The lowest BCUT2D eigenvalue weighted by molar-refractivity contribution is 0.621. The fraction of sp³-hybridized carbons (Fsp3) is 0.0714. The summed E-state index contributed by atoms with van der Waals surface area (Å²) in [7, 11) is 1.75. The van der Waals surface area contributed by atoms with E-state index in [-0.39, 0.29) is 5.82 Å². The summed E-state index contributed by atoms with van der Waals surface area (Å²) >= 11 is 0. The van der Waals surface area contributed by atoms with Crippen molar-refractivity contribution in [2.24, 2.45) is 7.05 Å². The standard InChI is InChI=1S/C14H12FN5/c1-20-14(16)12(9-3-2-6-17-7-9)13(19-20)11-5-4-10(15)8-18-11/h2-8H,16H2,1H3. The molecule has 20 heavy (non-hydrogen) atoms. The van der Waals surface area contributed by atoms with Gasteiger partial charge >= 0.3 is 0 Å². The number of hydrogen-bond donors (Lipinski definition) is 1. The number of nitrogens with two attached hydrogens (primary N) is 1. The number of rotatable bonds is 2. The van der Waals surface area contributed by atoms with E-state index in [0.29, 0.717) is 17.2 Å². The first-order valence-corrected chi connectivity index (χ1v) is 6.01. The Kier molecular flexibility index (Phi) is 2.90. The summed E-state index contributed by atoms with van der Waals surface area (Å²) in [6.45, 7) is 0. The van der Waals surface area contributed by atoms with Gasteiger partial charge in [-0.15, -0.1) is 0 Å². The Balaban J connectivity index is 2.22. The molecule has 0 radical (unpaired) electrons. The Labute approximate surface area is 114 Å². The van der Waals surface area contributed by atoms with Gasteiger partial charge in [0.15, 0.2) is 0 Å². The van der Waals surface area contributed by atoms with E-state index in [1.807, 2.05) is 12.1 Å². The van der Waals surface area contributed by atoms with Gasteiger partial charge in [0.1, 0.15) is 17.3 Å². The Morgan fingerprint density at radius 3 is 2.70 bits per heavy atom. The molecule has 0 bridgehead atoms. The van der Waals surface area contributed by atoms with Gasteiger partial charge in [-0.05, 0) is 18.2 Å². The van der Waals surface area contributed by atoms with Crippen molar-refractivity contribution in [1.29, 1.82) is 0 Å². The van der Waals surface area contributed by atoms with Crippen LogP contribution in [-0.2, 0) is 7.05 Å². The van der Waals surface area contributed by atoms with Gasteiger partial charge < -0.3 is 5.73 Å².